The molecule has 2 aromatic carbocycles. The van der Waals surface area contributed by atoms with Gasteiger partial charge in [0.1, 0.15) is 0 Å². The summed E-state index contributed by atoms with van der Waals surface area (Å²) in [7, 11) is 0. The van der Waals surface area contributed by atoms with E-state index >= 15 is 0 Å². The molecule has 0 aliphatic heterocycles. The monoisotopic (exact) mass is 356 g/mol. The molecular weight excluding hydrogens is 336 g/mol. The molecule has 0 atom stereocenters. The molecule has 1 fully saturated rings. The minimum absolute atomic E-state index is 0.0787. The Hall–Kier alpha value is -2.33. The van der Waals surface area contributed by atoms with E-state index in [0.29, 0.717) is 21.8 Å². The fourth-order valence-electron chi connectivity index (χ4n) is 3.05. The summed E-state index contributed by atoms with van der Waals surface area (Å²) in [5.74, 6) is -0.336. The summed E-state index contributed by atoms with van der Waals surface area (Å²) in [5.41, 5.74) is 1.61. The molecule has 1 saturated carbocycles. The van der Waals surface area contributed by atoms with Gasteiger partial charge in [0.2, 0.25) is 0 Å². The summed E-state index contributed by atoms with van der Waals surface area (Å²) in [6, 6.07) is 14.0. The third-order valence-corrected chi connectivity index (χ3v) is 4.80. The van der Waals surface area contributed by atoms with Crippen molar-refractivity contribution in [1.82, 2.24) is 5.32 Å². The Morgan fingerprint density at radius 2 is 1.44 bits per heavy atom. The third-order valence-electron chi connectivity index (χ3n) is 4.47. The SMILES string of the molecule is O=C(Nc1ccccc1Cl)c1ccc(C(=O)NC2CCCCC2)cc1. The number of amides is 2. The van der Waals surface area contributed by atoms with Gasteiger partial charge in [-0.25, -0.2) is 0 Å². The molecule has 1 aliphatic rings. The maximum absolute atomic E-state index is 12.3. The normalized spacial score (nSPS) is 14.8. The lowest BCUT2D eigenvalue weighted by Crippen LogP contribution is -2.36. The molecule has 0 saturated heterocycles. The Balaban J connectivity index is 1.62. The number of hydrogen-bond donors (Lipinski definition) is 2. The van der Waals surface area contributed by atoms with E-state index < -0.39 is 0 Å². The fraction of sp³-hybridized carbons (Fsp3) is 0.300. The first-order valence-corrected chi connectivity index (χ1v) is 8.98. The molecule has 25 heavy (non-hydrogen) atoms. The molecule has 5 heteroatoms. The van der Waals surface area contributed by atoms with Gasteiger partial charge >= 0.3 is 0 Å². The van der Waals surface area contributed by atoms with Crippen LogP contribution in [0.1, 0.15) is 52.8 Å². The minimum atomic E-state index is -0.257. The molecule has 0 bridgehead atoms. The van der Waals surface area contributed by atoms with Crippen molar-refractivity contribution in [3.8, 4) is 0 Å². The van der Waals surface area contributed by atoms with Crippen LogP contribution in [0.25, 0.3) is 0 Å². The van der Waals surface area contributed by atoms with Crippen molar-refractivity contribution in [2.75, 3.05) is 5.32 Å². The second-order valence-corrected chi connectivity index (χ2v) is 6.73. The maximum atomic E-state index is 12.3. The lowest BCUT2D eigenvalue weighted by atomic mass is 9.95. The van der Waals surface area contributed by atoms with E-state index in [1.807, 2.05) is 0 Å². The number of carbonyl (C=O) groups is 2. The first-order valence-electron chi connectivity index (χ1n) is 8.60. The zero-order valence-electron chi connectivity index (χ0n) is 13.9. The van der Waals surface area contributed by atoms with Crippen LogP contribution in [0.2, 0.25) is 5.02 Å². The lowest BCUT2D eigenvalue weighted by Gasteiger charge is -2.22. The highest BCUT2D eigenvalue weighted by Crippen LogP contribution is 2.21. The summed E-state index contributed by atoms with van der Waals surface area (Å²) in [5, 5.41) is 6.33. The van der Waals surface area contributed by atoms with Crippen LogP contribution in [-0.2, 0) is 0 Å². The Morgan fingerprint density at radius 3 is 2.08 bits per heavy atom. The van der Waals surface area contributed by atoms with Gasteiger partial charge in [0, 0.05) is 17.2 Å². The molecule has 1 aliphatic carbocycles. The van der Waals surface area contributed by atoms with Crippen LogP contribution in [0.5, 0.6) is 0 Å². The molecule has 130 valence electrons. The predicted octanol–water partition coefficient (Wildman–Crippen LogP) is 4.65. The van der Waals surface area contributed by atoms with Crippen LogP contribution in [0.3, 0.4) is 0 Å². The fourth-order valence-corrected chi connectivity index (χ4v) is 3.23. The van der Waals surface area contributed by atoms with Gasteiger partial charge in [-0.05, 0) is 49.2 Å². The molecule has 0 heterocycles. The van der Waals surface area contributed by atoms with Crippen molar-refractivity contribution in [2.24, 2.45) is 0 Å². The van der Waals surface area contributed by atoms with Gasteiger partial charge in [-0.3, -0.25) is 9.59 Å². The van der Waals surface area contributed by atoms with Crippen LogP contribution in [0.15, 0.2) is 48.5 Å². The number of halogens is 1. The summed E-state index contributed by atoms with van der Waals surface area (Å²) in [4.78, 5) is 24.6. The predicted molar refractivity (Wildman–Crippen MR) is 100 cm³/mol. The molecule has 0 unspecified atom stereocenters. The number of para-hydroxylation sites is 1. The van der Waals surface area contributed by atoms with Crippen molar-refractivity contribution in [3.05, 3.63) is 64.7 Å². The second-order valence-electron chi connectivity index (χ2n) is 6.32. The molecule has 3 rings (SSSR count). The molecule has 2 N–H and O–H groups in total. The average molecular weight is 357 g/mol. The number of rotatable bonds is 4. The summed E-state index contributed by atoms with van der Waals surface area (Å²) >= 11 is 6.05. The molecule has 4 nitrogen and oxygen atoms in total. The molecule has 0 spiro atoms. The summed E-state index contributed by atoms with van der Waals surface area (Å²) in [6.45, 7) is 0. The van der Waals surface area contributed by atoms with Crippen molar-refractivity contribution in [2.45, 2.75) is 38.1 Å². The van der Waals surface area contributed by atoms with E-state index in [0.717, 1.165) is 12.8 Å². The average Bonchev–Trinajstić information content (AvgIpc) is 2.64. The van der Waals surface area contributed by atoms with E-state index in [-0.39, 0.29) is 17.9 Å². The standard InChI is InChI=1S/C20H21ClN2O2/c21-17-8-4-5-9-18(17)23-20(25)15-12-10-14(11-13-15)19(24)22-16-6-2-1-3-7-16/h4-5,8-13,16H,1-3,6-7H2,(H,22,24)(H,23,25). The molecule has 0 aromatic heterocycles. The van der Waals surface area contributed by atoms with Crippen molar-refractivity contribution < 1.29 is 9.59 Å². The number of hydrogen-bond acceptors (Lipinski definition) is 2. The molecular formula is C20H21ClN2O2. The largest absolute Gasteiger partial charge is 0.349 e. The minimum Gasteiger partial charge on any atom is -0.349 e. The van der Waals surface area contributed by atoms with Gasteiger partial charge in [-0.15, -0.1) is 0 Å². The van der Waals surface area contributed by atoms with E-state index in [2.05, 4.69) is 10.6 Å². The van der Waals surface area contributed by atoms with Gasteiger partial charge in [0.15, 0.2) is 0 Å². The summed E-state index contributed by atoms with van der Waals surface area (Å²) < 4.78 is 0. The molecule has 2 aromatic rings. The van der Waals surface area contributed by atoms with Crippen LogP contribution in [0.4, 0.5) is 5.69 Å². The van der Waals surface area contributed by atoms with Gasteiger partial charge in [-0.1, -0.05) is 43.0 Å². The Bertz CT molecular complexity index is 753. The highest BCUT2D eigenvalue weighted by Gasteiger charge is 2.17. The lowest BCUT2D eigenvalue weighted by molar-refractivity contribution is 0.0926. The topological polar surface area (TPSA) is 58.2 Å². The van der Waals surface area contributed by atoms with Crippen molar-refractivity contribution >= 4 is 29.1 Å². The van der Waals surface area contributed by atoms with E-state index in [1.54, 1.807) is 48.5 Å². The quantitative estimate of drug-likeness (QED) is 0.837. The van der Waals surface area contributed by atoms with Crippen molar-refractivity contribution in [1.29, 1.82) is 0 Å². The molecule has 2 amide bonds. The number of benzene rings is 2. The van der Waals surface area contributed by atoms with E-state index in [9.17, 15) is 9.59 Å². The third kappa shape index (κ3) is 4.60. The van der Waals surface area contributed by atoms with Crippen LogP contribution < -0.4 is 10.6 Å². The number of nitrogens with one attached hydrogen (secondary N) is 2. The highest BCUT2D eigenvalue weighted by atomic mass is 35.5. The number of carbonyl (C=O) groups excluding carboxylic acids is 2. The van der Waals surface area contributed by atoms with Crippen LogP contribution >= 0.6 is 11.6 Å². The Kier molecular flexibility index (Phi) is 5.71. The van der Waals surface area contributed by atoms with E-state index in [1.165, 1.54) is 19.3 Å². The molecule has 0 radical (unpaired) electrons. The summed E-state index contributed by atoms with van der Waals surface area (Å²) in [6.07, 6.45) is 5.69. The maximum Gasteiger partial charge on any atom is 0.255 e. The zero-order chi connectivity index (χ0) is 17.6. The van der Waals surface area contributed by atoms with Gasteiger partial charge < -0.3 is 10.6 Å². The number of anilines is 1. The Morgan fingerprint density at radius 1 is 0.840 bits per heavy atom. The second kappa shape index (κ2) is 8.17. The first-order chi connectivity index (χ1) is 12.1. The Labute approximate surface area is 152 Å². The smallest absolute Gasteiger partial charge is 0.255 e. The zero-order valence-corrected chi connectivity index (χ0v) is 14.7. The van der Waals surface area contributed by atoms with Gasteiger partial charge in [0.05, 0.1) is 10.7 Å². The van der Waals surface area contributed by atoms with Gasteiger partial charge in [-0.2, -0.15) is 0 Å². The van der Waals surface area contributed by atoms with E-state index in [4.69, 9.17) is 11.6 Å². The highest BCUT2D eigenvalue weighted by molar-refractivity contribution is 6.33. The first kappa shape index (κ1) is 17.5. The van der Waals surface area contributed by atoms with Crippen molar-refractivity contribution in [3.63, 3.8) is 0 Å². The van der Waals surface area contributed by atoms with Crippen LogP contribution in [-0.4, -0.2) is 17.9 Å². The van der Waals surface area contributed by atoms with Crippen LogP contribution in [0, 0.1) is 0 Å². The van der Waals surface area contributed by atoms with Gasteiger partial charge in [0.25, 0.3) is 11.8 Å².